The van der Waals surface area contributed by atoms with Crippen LogP contribution in [0.2, 0.25) is 4.34 Å². The van der Waals surface area contributed by atoms with E-state index in [1.54, 1.807) is 17.0 Å². The van der Waals surface area contributed by atoms with Crippen LogP contribution >= 0.6 is 22.9 Å². The Balaban J connectivity index is 1.55. The molecule has 0 saturated carbocycles. The Morgan fingerprint density at radius 3 is 2.85 bits per heavy atom. The number of nitrogens with zero attached hydrogens (tertiary/aromatic N) is 2. The number of halogens is 1. The fourth-order valence-electron chi connectivity index (χ4n) is 2.02. The minimum Gasteiger partial charge on any atom is -0.471 e. The van der Waals surface area contributed by atoms with Crippen molar-refractivity contribution in [3.63, 3.8) is 0 Å². The van der Waals surface area contributed by atoms with Crippen molar-refractivity contribution in [1.29, 1.82) is 0 Å². The number of ether oxygens (including phenoxy) is 1. The fourth-order valence-corrected chi connectivity index (χ4v) is 3.03. The topological polar surface area (TPSA) is 42.4 Å². The summed E-state index contributed by atoms with van der Waals surface area (Å²) < 4.78 is 6.36. The quantitative estimate of drug-likeness (QED) is 0.875. The summed E-state index contributed by atoms with van der Waals surface area (Å²) in [6, 6.07) is 9.16. The van der Waals surface area contributed by atoms with E-state index in [9.17, 15) is 4.79 Å². The lowest BCUT2D eigenvalue weighted by atomic mass is 10.1. The molecule has 0 radical (unpaired) electrons. The molecule has 0 N–H and O–H groups in total. The molecule has 0 aliphatic carbocycles. The van der Waals surface area contributed by atoms with Crippen LogP contribution in [0.3, 0.4) is 0 Å². The van der Waals surface area contributed by atoms with Gasteiger partial charge in [-0.3, -0.25) is 4.79 Å². The minimum absolute atomic E-state index is 0.0129. The normalized spacial score (nSPS) is 15.0. The zero-order valence-corrected chi connectivity index (χ0v) is 12.4. The summed E-state index contributed by atoms with van der Waals surface area (Å²) in [6.07, 6.45) is 0.0173. The van der Waals surface area contributed by atoms with Crippen LogP contribution in [0.15, 0.2) is 30.3 Å². The fraction of sp³-hybridized carbons (Fsp3) is 0.286. The van der Waals surface area contributed by atoms with Crippen LogP contribution in [0.1, 0.15) is 15.4 Å². The lowest BCUT2D eigenvalue weighted by molar-refractivity contribution is 0.0163. The maximum atomic E-state index is 12.1. The van der Waals surface area contributed by atoms with Gasteiger partial charge >= 0.3 is 0 Å². The van der Waals surface area contributed by atoms with E-state index in [1.807, 2.05) is 25.1 Å². The molecule has 104 valence electrons. The van der Waals surface area contributed by atoms with Crippen molar-refractivity contribution in [2.45, 2.75) is 13.0 Å². The van der Waals surface area contributed by atoms with Crippen molar-refractivity contribution < 1.29 is 9.53 Å². The van der Waals surface area contributed by atoms with Crippen LogP contribution in [0.5, 0.6) is 5.88 Å². The largest absolute Gasteiger partial charge is 0.471 e. The number of hydrogen-bond acceptors (Lipinski definition) is 4. The van der Waals surface area contributed by atoms with Gasteiger partial charge in [0, 0.05) is 11.8 Å². The van der Waals surface area contributed by atoms with Crippen LogP contribution in [-0.4, -0.2) is 35.0 Å². The van der Waals surface area contributed by atoms with Crippen molar-refractivity contribution in [3.05, 3.63) is 45.2 Å². The van der Waals surface area contributed by atoms with Crippen molar-refractivity contribution in [1.82, 2.24) is 9.88 Å². The number of amides is 1. The summed E-state index contributed by atoms with van der Waals surface area (Å²) >= 11 is 7.14. The molecule has 4 nitrogen and oxygen atoms in total. The zero-order valence-electron chi connectivity index (χ0n) is 10.9. The molecule has 3 rings (SSSR count). The molecule has 20 heavy (non-hydrogen) atoms. The molecule has 0 bridgehead atoms. The van der Waals surface area contributed by atoms with E-state index in [2.05, 4.69) is 4.98 Å². The van der Waals surface area contributed by atoms with Gasteiger partial charge in [0.15, 0.2) is 0 Å². The predicted molar refractivity (Wildman–Crippen MR) is 78.6 cm³/mol. The smallest absolute Gasteiger partial charge is 0.264 e. The van der Waals surface area contributed by atoms with Crippen LogP contribution in [-0.2, 0) is 0 Å². The summed E-state index contributed by atoms with van der Waals surface area (Å²) in [7, 11) is 0. The predicted octanol–water partition coefficient (Wildman–Crippen LogP) is 3.01. The highest BCUT2D eigenvalue weighted by Gasteiger charge is 2.33. The molecule has 1 aliphatic rings. The van der Waals surface area contributed by atoms with Crippen LogP contribution < -0.4 is 4.74 Å². The Bertz CT molecular complexity index is 638. The molecular formula is C14H13ClN2O2S. The molecule has 2 aromatic heterocycles. The molecule has 1 amide bonds. The van der Waals surface area contributed by atoms with Crippen LogP contribution in [0, 0.1) is 6.92 Å². The third kappa shape index (κ3) is 2.78. The lowest BCUT2D eigenvalue weighted by Gasteiger charge is -2.38. The van der Waals surface area contributed by atoms with Gasteiger partial charge in [-0.05, 0) is 25.1 Å². The van der Waals surface area contributed by atoms with Gasteiger partial charge in [0.05, 0.1) is 22.3 Å². The average molecular weight is 309 g/mol. The highest BCUT2D eigenvalue weighted by molar-refractivity contribution is 7.17. The van der Waals surface area contributed by atoms with E-state index < -0.39 is 0 Å². The molecule has 0 atom stereocenters. The summed E-state index contributed by atoms with van der Waals surface area (Å²) in [5, 5.41) is 0. The molecule has 0 unspecified atom stereocenters. The number of thiophene rings is 1. The Kier molecular flexibility index (Phi) is 3.63. The lowest BCUT2D eigenvalue weighted by Crippen LogP contribution is -2.56. The number of aromatic nitrogens is 1. The van der Waals surface area contributed by atoms with Gasteiger partial charge in [-0.2, -0.15) is 0 Å². The van der Waals surface area contributed by atoms with Gasteiger partial charge in [-0.25, -0.2) is 4.98 Å². The standard InChI is InChI=1S/C14H13ClN2O2S/c1-9-3-2-4-13(16-9)19-10-7-17(8-10)14(18)11-5-6-12(15)20-11/h2-6,10H,7-8H2,1H3. The average Bonchev–Trinajstić information content (AvgIpc) is 2.79. The molecule has 1 saturated heterocycles. The molecule has 1 aliphatic heterocycles. The number of pyridine rings is 1. The van der Waals surface area contributed by atoms with Gasteiger partial charge in [0.25, 0.3) is 5.91 Å². The van der Waals surface area contributed by atoms with Crippen molar-refractivity contribution in [2.24, 2.45) is 0 Å². The highest BCUT2D eigenvalue weighted by atomic mass is 35.5. The molecule has 0 aromatic carbocycles. The Morgan fingerprint density at radius 1 is 1.40 bits per heavy atom. The van der Waals surface area contributed by atoms with E-state index in [4.69, 9.17) is 16.3 Å². The summed E-state index contributed by atoms with van der Waals surface area (Å²) in [6.45, 7) is 3.10. The Labute approximate surface area is 126 Å². The van der Waals surface area contributed by atoms with E-state index in [1.165, 1.54) is 11.3 Å². The van der Waals surface area contributed by atoms with Crippen LogP contribution in [0.4, 0.5) is 0 Å². The highest BCUT2D eigenvalue weighted by Crippen LogP contribution is 2.25. The Morgan fingerprint density at radius 2 is 2.20 bits per heavy atom. The first-order valence-corrected chi connectivity index (χ1v) is 7.46. The summed E-state index contributed by atoms with van der Waals surface area (Å²) in [5.41, 5.74) is 0.919. The van der Waals surface area contributed by atoms with Crippen molar-refractivity contribution in [2.75, 3.05) is 13.1 Å². The molecule has 6 heteroatoms. The first-order chi connectivity index (χ1) is 9.61. The van der Waals surface area contributed by atoms with E-state index in [0.717, 1.165) is 5.69 Å². The van der Waals surface area contributed by atoms with Gasteiger partial charge in [0.1, 0.15) is 6.10 Å². The van der Waals surface area contributed by atoms with Crippen LogP contribution in [0.25, 0.3) is 0 Å². The van der Waals surface area contributed by atoms with E-state index >= 15 is 0 Å². The van der Waals surface area contributed by atoms with Crippen molar-refractivity contribution in [3.8, 4) is 5.88 Å². The number of aryl methyl sites for hydroxylation is 1. The van der Waals surface area contributed by atoms with E-state index in [-0.39, 0.29) is 12.0 Å². The van der Waals surface area contributed by atoms with E-state index in [0.29, 0.717) is 28.2 Å². The second-order valence-corrected chi connectivity index (χ2v) is 6.39. The van der Waals surface area contributed by atoms with Gasteiger partial charge in [-0.15, -0.1) is 11.3 Å². The first kappa shape index (κ1) is 13.4. The SMILES string of the molecule is Cc1cccc(OC2CN(C(=O)c3ccc(Cl)s3)C2)n1. The molecular weight excluding hydrogens is 296 g/mol. The number of carbonyl (C=O) groups excluding carboxylic acids is 1. The second kappa shape index (κ2) is 5.42. The molecule has 1 fully saturated rings. The van der Waals surface area contributed by atoms with Gasteiger partial charge in [0.2, 0.25) is 5.88 Å². The third-order valence-electron chi connectivity index (χ3n) is 3.07. The summed E-state index contributed by atoms with van der Waals surface area (Å²) in [4.78, 5) is 18.8. The number of likely N-dealkylation sites (tertiary alicyclic amines) is 1. The number of hydrogen-bond donors (Lipinski definition) is 0. The maximum Gasteiger partial charge on any atom is 0.264 e. The third-order valence-corrected chi connectivity index (χ3v) is 4.29. The zero-order chi connectivity index (χ0) is 14.1. The molecule has 0 spiro atoms. The van der Waals surface area contributed by atoms with Gasteiger partial charge < -0.3 is 9.64 Å². The second-order valence-electron chi connectivity index (χ2n) is 4.67. The van der Waals surface area contributed by atoms with Gasteiger partial charge in [-0.1, -0.05) is 17.7 Å². The monoisotopic (exact) mass is 308 g/mol. The molecule has 2 aromatic rings. The number of rotatable bonds is 3. The summed E-state index contributed by atoms with van der Waals surface area (Å²) in [5.74, 6) is 0.625. The Hall–Kier alpha value is -1.59. The number of carbonyl (C=O) groups is 1. The molecule has 3 heterocycles. The first-order valence-electron chi connectivity index (χ1n) is 6.27. The maximum absolute atomic E-state index is 12.1. The minimum atomic E-state index is 0.0129. The van der Waals surface area contributed by atoms with Crippen molar-refractivity contribution >= 4 is 28.8 Å².